The van der Waals surface area contributed by atoms with Gasteiger partial charge in [0, 0.05) is 18.7 Å². The molecule has 0 spiro atoms. The highest BCUT2D eigenvalue weighted by Gasteiger charge is 2.41. The Kier molecular flexibility index (Phi) is 3.24. The molecular weight excluding hydrogens is 252 g/mol. The van der Waals surface area contributed by atoms with Gasteiger partial charge in [-0.25, -0.2) is 0 Å². The lowest BCUT2D eigenvalue weighted by Gasteiger charge is -2.24. The summed E-state index contributed by atoms with van der Waals surface area (Å²) in [6.45, 7) is 4.53. The van der Waals surface area contributed by atoms with Crippen molar-refractivity contribution in [1.29, 1.82) is 0 Å². The van der Waals surface area contributed by atoms with Gasteiger partial charge in [-0.2, -0.15) is 0 Å². The number of nitrogens with zero attached hydrogens (tertiary/aromatic N) is 1. The normalized spacial score (nSPS) is 23.5. The molecule has 3 rings (SSSR count). The van der Waals surface area contributed by atoms with Gasteiger partial charge in [0.05, 0.1) is 0 Å². The predicted octanol–water partition coefficient (Wildman–Crippen LogP) is 1.93. The number of aryl methyl sites for hydroxylation is 2. The SMILES string of the molecule is Cc1cc(C)cc(N2CCC(=O)NC(C3CC3)C2=O)c1. The molecule has 1 aliphatic heterocycles. The van der Waals surface area contributed by atoms with Gasteiger partial charge < -0.3 is 10.2 Å². The molecule has 2 amide bonds. The fraction of sp³-hybridized carbons (Fsp3) is 0.500. The van der Waals surface area contributed by atoms with E-state index in [4.69, 9.17) is 0 Å². The van der Waals surface area contributed by atoms with Crippen LogP contribution >= 0.6 is 0 Å². The first-order valence-corrected chi connectivity index (χ1v) is 7.23. The summed E-state index contributed by atoms with van der Waals surface area (Å²) in [5.74, 6) is 0.364. The Morgan fingerprint density at radius 2 is 1.75 bits per heavy atom. The number of hydrogen-bond acceptors (Lipinski definition) is 2. The summed E-state index contributed by atoms with van der Waals surface area (Å²) in [5, 5.41) is 2.89. The van der Waals surface area contributed by atoms with E-state index >= 15 is 0 Å². The van der Waals surface area contributed by atoms with Crippen LogP contribution in [0.1, 0.15) is 30.4 Å². The molecular formula is C16H20N2O2. The van der Waals surface area contributed by atoms with Crippen molar-refractivity contribution in [1.82, 2.24) is 5.32 Å². The van der Waals surface area contributed by atoms with Crippen molar-refractivity contribution < 1.29 is 9.59 Å². The van der Waals surface area contributed by atoms with E-state index in [0.29, 0.717) is 18.9 Å². The van der Waals surface area contributed by atoms with Crippen LogP contribution in [0, 0.1) is 19.8 Å². The number of benzene rings is 1. The van der Waals surface area contributed by atoms with E-state index < -0.39 is 0 Å². The Balaban J connectivity index is 1.93. The van der Waals surface area contributed by atoms with Gasteiger partial charge in [0.1, 0.15) is 6.04 Å². The second-order valence-corrected chi connectivity index (χ2v) is 5.97. The molecule has 1 unspecified atom stereocenters. The lowest BCUT2D eigenvalue weighted by Crippen LogP contribution is -2.46. The van der Waals surface area contributed by atoms with E-state index in [0.717, 1.165) is 29.7 Å². The molecule has 1 atom stereocenters. The first-order valence-electron chi connectivity index (χ1n) is 7.23. The molecule has 1 N–H and O–H groups in total. The number of anilines is 1. The molecule has 0 bridgehead atoms. The average molecular weight is 272 g/mol. The first kappa shape index (κ1) is 13.2. The van der Waals surface area contributed by atoms with Gasteiger partial charge in [0.15, 0.2) is 0 Å². The Morgan fingerprint density at radius 3 is 2.35 bits per heavy atom. The summed E-state index contributed by atoms with van der Waals surface area (Å²) in [6, 6.07) is 5.80. The largest absolute Gasteiger partial charge is 0.344 e. The topological polar surface area (TPSA) is 49.4 Å². The van der Waals surface area contributed by atoms with Crippen LogP contribution in [0.5, 0.6) is 0 Å². The third kappa shape index (κ3) is 2.55. The molecule has 1 saturated heterocycles. The molecule has 0 radical (unpaired) electrons. The van der Waals surface area contributed by atoms with E-state index in [2.05, 4.69) is 11.4 Å². The minimum Gasteiger partial charge on any atom is -0.344 e. The second kappa shape index (κ2) is 4.93. The Hall–Kier alpha value is -1.84. The summed E-state index contributed by atoms with van der Waals surface area (Å²) in [5.41, 5.74) is 3.19. The third-order valence-corrected chi connectivity index (χ3v) is 4.02. The van der Waals surface area contributed by atoms with E-state index in [-0.39, 0.29) is 17.9 Å². The summed E-state index contributed by atoms with van der Waals surface area (Å²) in [6.07, 6.45) is 2.46. The molecule has 4 heteroatoms. The molecule has 1 heterocycles. The molecule has 106 valence electrons. The summed E-state index contributed by atoms with van der Waals surface area (Å²) in [4.78, 5) is 26.3. The average Bonchev–Trinajstić information content (AvgIpc) is 3.18. The zero-order chi connectivity index (χ0) is 14.3. The molecule has 1 saturated carbocycles. The molecule has 20 heavy (non-hydrogen) atoms. The molecule has 2 fully saturated rings. The van der Waals surface area contributed by atoms with Gasteiger partial charge in [-0.1, -0.05) is 6.07 Å². The highest BCUT2D eigenvalue weighted by molar-refractivity contribution is 6.01. The minimum atomic E-state index is -0.328. The monoisotopic (exact) mass is 272 g/mol. The zero-order valence-corrected chi connectivity index (χ0v) is 12.0. The molecule has 1 aromatic carbocycles. The lowest BCUT2D eigenvalue weighted by atomic mass is 10.1. The Labute approximate surface area is 119 Å². The maximum atomic E-state index is 12.7. The van der Waals surface area contributed by atoms with Gasteiger partial charge in [-0.05, 0) is 55.9 Å². The molecule has 2 aliphatic rings. The fourth-order valence-electron chi connectivity index (χ4n) is 2.91. The maximum Gasteiger partial charge on any atom is 0.249 e. The summed E-state index contributed by atoms with van der Waals surface area (Å²) < 4.78 is 0. The molecule has 4 nitrogen and oxygen atoms in total. The minimum absolute atomic E-state index is 0.0119. The number of amides is 2. The van der Waals surface area contributed by atoms with Crippen LogP contribution in [0.2, 0.25) is 0 Å². The number of hydrogen-bond donors (Lipinski definition) is 1. The fourth-order valence-corrected chi connectivity index (χ4v) is 2.91. The molecule has 0 aromatic heterocycles. The highest BCUT2D eigenvalue weighted by atomic mass is 16.2. The van der Waals surface area contributed by atoms with Crippen LogP contribution in [-0.2, 0) is 9.59 Å². The molecule has 1 aliphatic carbocycles. The van der Waals surface area contributed by atoms with Gasteiger partial charge in [-0.15, -0.1) is 0 Å². The van der Waals surface area contributed by atoms with Crippen LogP contribution in [0.4, 0.5) is 5.69 Å². The molecule has 1 aromatic rings. The number of carbonyl (C=O) groups is 2. The van der Waals surface area contributed by atoms with Crippen molar-refractivity contribution in [2.75, 3.05) is 11.4 Å². The van der Waals surface area contributed by atoms with Gasteiger partial charge in [0.25, 0.3) is 0 Å². The highest BCUT2D eigenvalue weighted by Crippen LogP contribution is 2.35. The quantitative estimate of drug-likeness (QED) is 0.894. The van der Waals surface area contributed by atoms with Crippen molar-refractivity contribution in [3.05, 3.63) is 29.3 Å². The standard InChI is InChI=1S/C16H20N2O2/c1-10-7-11(2)9-13(8-10)18-6-5-14(19)17-15(16(18)20)12-3-4-12/h7-9,12,15H,3-6H2,1-2H3,(H,17,19). The van der Waals surface area contributed by atoms with Crippen molar-refractivity contribution in [3.8, 4) is 0 Å². The van der Waals surface area contributed by atoms with Crippen LogP contribution in [0.25, 0.3) is 0 Å². The zero-order valence-electron chi connectivity index (χ0n) is 12.0. The number of carbonyl (C=O) groups excluding carboxylic acids is 2. The van der Waals surface area contributed by atoms with Crippen molar-refractivity contribution >= 4 is 17.5 Å². The lowest BCUT2D eigenvalue weighted by molar-refractivity contribution is -0.126. The van der Waals surface area contributed by atoms with E-state index in [1.807, 2.05) is 26.0 Å². The van der Waals surface area contributed by atoms with Crippen LogP contribution in [0.15, 0.2) is 18.2 Å². The van der Waals surface area contributed by atoms with E-state index in [9.17, 15) is 9.59 Å². The second-order valence-electron chi connectivity index (χ2n) is 5.97. The summed E-state index contributed by atoms with van der Waals surface area (Å²) in [7, 11) is 0. The smallest absolute Gasteiger partial charge is 0.249 e. The Morgan fingerprint density at radius 1 is 1.10 bits per heavy atom. The number of rotatable bonds is 2. The van der Waals surface area contributed by atoms with Crippen molar-refractivity contribution in [2.24, 2.45) is 5.92 Å². The maximum absolute atomic E-state index is 12.7. The summed E-state index contributed by atoms with van der Waals surface area (Å²) >= 11 is 0. The first-order chi connectivity index (χ1) is 9.54. The van der Waals surface area contributed by atoms with Gasteiger partial charge >= 0.3 is 0 Å². The van der Waals surface area contributed by atoms with Crippen LogP contribution in [0.3, 0.4) is 0 Å². The van der Waals surface area contributed by atoms with Crippen LogP contribution < -0.4 is 10.2 Å². The van der Waals surface area contributed by atoms with Gasteiger partial charge in [0.2, 0.25) is 11.8 Å². The Bertz CT molecular complexity index is 543. The van der Waals surface area contributed by atoms with Crippen molar-refractivity contribution in [2.45, 2.75) is 39.2 Å². The third-order valence-electron chi connectivity index (χ3n) is 4.02. The van der Waals surface area contributed by atoms with Crippen molar-refractivity contribution in [3.63, 3.8) is 0 Å². The predicted molar refractivity (Wildman–Crippen MR) is 77.5 cm³/mol. The van der Waals surface area contributed by atoms with Gasteiger partial charge in [-0.3, -0.25) is 9.59 Å². The number of nitrogens with one attached hydrogen (secondary N) is 1. The van der Waals surface area contributed by atoms with E-state index in [1.165, 1.54) is 0 Å². The van der Waals surface area contributed by atoms with Crippen LogP contribution in [-0.4, -0.2) is 24.4 Å². The van der Waals surface area contributed by atoms with E-state index in [1.54, 1.807) is 4.90 Å².